The Morgan fingerprint density at radius 3 is 2.11 bits per heavy atom. The van der Waals surface area contributed by atoms with Crippen LogP contribution in [0.15, 0.2) is 84.3 Å². The number of hydrogen-bond donors (Lipinski definition) is 0. The molecule has 0 saturated heterocycles. The highest BCUT2D eigenvalue weighted by Crippen LogP contribution is 2.23. The van der Waals surface area contributed by atoms with Gasteiger partial charge in [-0.2, -0.15) is 0 Å². The molecular weight excluding hydrogens is 468 g/mol. The maximum Gasteiger partial charge on any atom is 0.333 e. The van der Waals surface area contributed by atoms with Crippen molar-refractivity contribution in [2.24, 2.45) is 0 Å². The van der Waals surface area contributed by atoms with Gasteiger partial charge in [0.2, 0.25) is 5.12 Å². The largest absolute Gasteiger partial charge is 0.493 e. The first-order valence-electron chi connectivity index (χ1n) is 10.8. The molecule has 7 nitrogen and oxygen atoms in total. The maximum atomic E-state index is 12.3. The van der Waals surface area contributed by atoms with Gasteiger partial charge in [-0.05, 0) is 66.7 Å². The van der Waals surface area contributed by atoms with Crippen LogP contribution in [0.2, 0.25) is 0 Å². The number of benzene rings is 2. The summed E-state index contributed by atoms with van der Waals surface area (Å²) in [4.78, 5) is 35.3. The van der Waals surface area contributed by atoms with Gasteiger partial charge in [0, 0.05) is 23.0 Å². The molecular formula is C27H28O7S. The average Bonchev–Trinajstić information content (AvgIpc) is 2.86. The molecule has 184 valence electrons. The molecule has 0 aliphatic rings. The molecule has 0 radical (unpaired) electrons. The van der Waals surface area contributed by atoms with Gasteiger partial charge in [-0.3, -0.25) is 4.79 Å². The van der Waals surface area contributed by atoms with Crippen LogP contribution >= 0.6 is 11.8 Å². The van der Waals surface area contributed by atoms with Crippen LogP contribution in [0.4, 0.5) is 0 Å². The summed E-state index contributed by atoms with van der Waals surface area (Å²) in [6, 6.07) is 14.4. The van der Waals surface area contributed by atoms with Crippen LogP contribution < -0.4 is 9.47 Å². The third-order valence-corrected chi connectivity index (χ3v) is 5.08. The Morgan fingerprint density at radius 2 is 1.49 bits per heavy atom. The zero-order valence-corrected chi connectivity index (χ0v) is 20.4. The summed E-state index contributed by atoms with van der Waals surface area (Å²) in [5, 5.41) is -0.109. The van der Waals surface area contributed by atoms with Crippen LogP contribution in [0.1, 0.15) is 18.9 Å². The van der Waals surface area contributed by atoms with Crippen LogP contribution in [0.5, 0.6) is 11.5 Å². The molecule has 0 bridgehead atoms. The number of hydrogen-bond acceptors (Lipinski definition) is 8. The number of thioether (sulfide) groups is 1. The molecule has 0 aliphatic heterocycles. The second-order valence-electron chi connectivity index (χ2n) is 7.13. The normalized spacial score (nSPS) is 10.4. The molecule has 2 aromatic rings. The van der Waals surface area contributed by atoms with Crippen LogP contribution in [-0.4, -0.2) is 43.5 Å². The van der Waals surface area contributed by atoms with Crippen molar-refractivity contribution in [3.63, 3.8) is 0 Å². The van der Waals surface area contributed by atoms with Gasteiger partial charge < -0.3 is 18.9 Å². The Labute approximate surface area is 209 Å². The van der Waals surface area contributed by atoms with E-state index in [4.69, 9.17) is 18.9 Å². The lowest BCUT2D eigenvalue weighted by molar-refractivity contribution is -0.139. The minimum absolute atomic E-state index is 0.109. The van der Waals surface area contributed by atoms with Crippen molar-refractivity contribution < 1.29 is 33.3 Å². The molecule has 0 unspecified atom stereocenters. The minimum atomic E-state index is -0.489. The van der Waals surface area contributed by atoms with Crippen molar-refractivity contribution in [3.05, 3.63) is 85.0 Å². The highest BCUT2D eigenvalue weighted by molar-refractivity contribution is 8.14. The average molecular weight is 497 g/mol. The van der Waals surface area contributed by atoms with Gasteiger partial charge in [-0.15, -0.1) is 0 Å². The van der Waals surface area contributed by atoms with Gasteiger partial charge in [-0.1, -0.05) is 31.4 Å². The summed E-state index contributed by atoms with van der Waals surface area (Å²) >= 11 is 1.11. The lowest BCUT2D eigenvalue weighted by Crippen LogP contribution is -2.10. The zero-order chi connectivity index (χ0) is 25.5. The van der Waals surface area contributed by atoms with Gasteiger partial charge >= 0.3 is 11.9 Å². The third kappa shape index (κ3) is 11.3. The van der Waals surface area contributed by atoms with E-state index in [1.54, 1.807) is 37.3 Å². The molecule has 8 heteroatoms. The summed E-state index contributed by atoms with van der Waals surface area (Å²) < 4.78 is 20.9. The number of rotatable bonds is 14. The Hall–Kier alpha value is -3.78. The fraction of sp³-hybridized carbons (Fsp3) is 0.222. The summed E-state index contributed by atoms with van der Waals surface area (Å²) in [6.45, 7) is 9.49. The van der Waals surface area contributed by atoms with Crippen LogP contribution in [0.25, 0.3) is 6.08 Å². The molecule has 2 rings (SSSR count). The quantitative estimate of drug-likeness (QED) is 0.156. The van der Waals surface area contributed by atoms with E-state index in [9.17, 15) is 14.4 Å². The third-order valence-electron chi connectivity index (χ3n) is 4.24. The first-order chi connectivity index (χ1) is 16.9. The molecule has 0 heterocycles. The molecule has 35 heavy (non-hydrogen) atoms. The number of carbonyl (C=O) groups excluding carboxylic acids is 3. The fourth-order valence-corrected chi connectivity index (χ4v) is 3.13. The molecule has 0 saturated carbocycles. The van der Waals surface area contributed by atoms with Gasteiger partial charge in [0.25, 0.3) is 0 Å². The minimum Gasteiger partial charge on any atom is -0.493 e. The molecule has 0 N–H and O–H groups in total. The molecule has 0 atom stereocenters. The predicted octanol–water partition coefficient (Wildman–Crippen LogP) is 5.01. The van der Waals surface area contributed by atoms with E-state index in [1.165, 1.54) is 6.08 Å². The van der Waals surface area contributed by atoms with Crippen LogP contribution in [-0.2, 0) is 23.9 Å². The monoisotopic (exact) mass is 496 g/mol. The van der Waals surface area contributed by atoms with E-state index in [0.717, 1.165) is 28.3 Å². The van der Waals surface area contributed by atoms with Crippen molar-refractivity contribution in [3.8, 4) is 11.5 Å². The van der Waals surface area contributed by atoms with Crippen molar-refractivity contribution in [2.45, 2.75) is 18.2 Å². The van der Waals surface area contributed by atoms with Crippen molar-refractivity contribution in [1.29, 1.82) is 0 Å². The van der Waals surface area contributed by atoms with Gasteiger partial charge in [-0.25, -0.2) is 9.59 Å². The molecule has 0 fully saturated rings. The first-order valence-corrected chi connectivity index (χ1v) is 11.7. The molecule has 0 aliphatic carbocycles. The lowest BCUT2D eigenvalue weighted by atomic mass is 10.2. The molecule has 0 aromatic heterocycles. The fourth-order valence-electron chi connectivity index (χ4n) is 2.49. The van der Waals surface area contributed by atoms with E-state index in [-0.39, 0.29) is 24.9 Å². The zero-order valence-electron chi connectivity index (χ0n) is 19.6. The Bertz CT molecular complexity index is 1040. The Morgan fingerprint density at radius 1 is 0.857 bits per heavy atom. The first kappa shape index (κ1) is 27.5. The second kappa shape index (κ2) is 15.2. The number of esters is 2. The Balaban J connectivity index is 1.70. The summed E-state index contributed by atoms with van der Waals surface area (Å²) in [6.07, 6.45) is 4.90. The van der Waals surface area contributed by atoms with Crippen LogP contribution in [0.3, 0.4) is 0 Å². The smallest absolute Gasteiger partial charge is 0.333 e. The molecule has 0 amide bonds. The van der Waals surface area contributed by atoms with Crippen molar-refractivity contribution in [1.82, 2.24) is 0 Å². The topological polar surface area (TPSA) is 88.1 Å². The van der Waals surface area contributed by atoms with Crippen molar-refractivity contribution >= 4 is 34.9 Å². The highest BCUT2D eigenvalue weighted by atomic mass is 32.2. The van der Waals surface area contributed by atoms with E-state index in [1.807, 2.05) is 24.3 Å². The van der Waals surface area contributed by atoms with Gasteiger partial charge in [0.15, 0.2) is 0 Å². The second-order valence-corrected chi connectivity index (χ2v) is 8.21. The summed E-state index contributed by atoms with van der Waals surface area (Å²) in [5.74, 6) is 0.408. The summed E-state index contributed by atoms with van der Waals surface area (Å²) in [5.41, 5.74) is 1.22. The number of ether oxygens (including phenoxy) is 4. The van der Waals surface area contributed by atoms with E-state index in [2.05, 4.69) is 13.2 Å². The molecule has 0 spiro atoms. The number of carbonyl (C=O) groups is 3. The van der Waals surface area contributed by atoms with E-state index < -0.39 is 11.9 Å². The maximum absolute atomic E-state index is 12.3. The SMILES string of the molecule is C=CC(=O)OCCOc1ccc(/C=C/C(=O)Sc2ccc(OCCCOC(=O)C(=C)C)cc2)cc1. The van der Waals surface area contributed by atoms with Crippen molar-refractivity contribution in [2.75, 3.05) is 26.4 Å². The lowest BCUT2D eigenvalue weighted by Gasteiger charge is -2.07. The van der Waals surface area contributed by atoms with Crippen LogP contribution in [0, 0.1) is 0 Å². The van der Waals surface area contributed by atoms with E-state index >= 15 is 0 Å². The van der Waals surface area contributed by atoms with E-state index in [0.29, 0.717) is 30.1 Å². The summed E-state index contributed by atoms with van der Waals surface area (Å²) in [7, 11) is 0. The predicted molar refractivity (Wildman–Crippen MR) is 135 cm³/mol. The molecule has 2 aromatic carbocycles. The van der Waals surface area contributed by atoms with Gasteiger partial charge in [0.05, 0.1) is 13.2 Å². The standard InChI is InChI=1S/C27H28O7S/c1-4-25(28)33-19-18-32-22-9-6-21(7-10-22)8-15-26(29)35-24-13-11-23(12-14-24)31-16-5-17-34-27(30)20(2)3/h4,6-15H,1-2,5,16-19H2,3H3/b15-8+. The Kier molecular flexibility index (Phi) is 11.9. The highest BCUT2D eigenvalue weighted by Gasteiger charge is 2.04. The van der Waals surface area contributed by atoms with Gasteiger partial charge in [0.1, 0.15) is 24.7 Å².